The molecular formula is C13H15N3O5S. The number of thioether (sulfide) groups is 1. The Labute approximate surface area is 130 Å². The van der Waals surface area contributed by atoms with E-state index in [0.717, 1.165) is 16.7 Å². The maximum atomic E-state index is 12.2. The number of rotatable bonds is 3. The normalized spacial score (nSPS) is 25.8. The van der Waals surface area contributed by atoms with Gasteiger partial charge in [0.25, 0.3) is 5.24 Å². The van der Waals surface area contributed by atoms with Crippen molar-refractivity contribution in [2.75, 3.05) is 25.4 Å². The minimum absolute atomic E-state index is 0.153. The largest absolute Gasteiger partial charge is 0.339 e. The van der Waals surface area contributed by atoms with Crippen LogP contribution >= 0.6 is 11.8 Å². The lowest BCUT2D eigenvalue weighted by Gasteiger charge is -2.23. The van der Waals surface area contributed by atoms with Crippen molar-refractivity contribution in [2.45, 2.75) is 25.3 Å². The van der Waals surface area contributed by atoms with Gasteiger partial charge in [0, 0.05) is 25.9 Å². The van der Waals surface area contributed by atoms with E-state index < -0.39 is 0 Å². The minimum Gasteiger partial charge on any atom is -0.339 e. The van der Waals surface area contributed by atoms with E-state index in [2.05, 4.69) is 0 Å². The SMILES string of the molecule is O=C(CN1C(=O)CCC1=O)N1CCC(N2C(=O)CSC2=O)C1. The van der Waals surface area contributed by atoms with E-state index in [9.17, 15) is 24.0 Å². The van der Waals surface area contributed by atoms with Crippen molar-refractivity contribution in [1.29, 1.82) is 0 Å². The first-order valence-electron chi connectivity index (χ1n) is 7.07. The molecule has 0 aromatic carbocycles. The molecule has 3 aliphatic rings. The van der Waals surface area contributed by atoms with Gasteiger partial charge in [-0.15, -0.1) is 0 Å². The van der Waals surface area contributed by atoms with E-state index in [1.54, 1.807) is 0 Å². The first-order chi connectivity index (χ1) is 10.5. The van der Waals surface area contributed by atoms with Crippen LogP contribution < -0.4 is 0 Å². The maximum Gasteiger partial charge on any atom is 0.289 e. The number of imide groups is 2. The predicted molar refractivity (Wildman–Crippen MR) is 75.6 cm³/mol. The van der Waals surface area contributed by atoms with E-state index in [1.807, 2.05) is 0 Å². The second-order valence-corrected chi connectivity index (χ2v) is 6.40. The molecule has 0 bridgehead atoms. The molecule has 0 aliphatic carbocycles. The summed E-state index contributed by atoms with van der Waals surface area (Å²) in [5.41, 5.74) is 0. The van der Waals surface area contributed by atoms with Gasteiger partial charge in [-0.3, -0.25) is 33.8 Å². The second kappa shape index (κ2) is 5.71. The van der Waals surface area contributed by atoms with E-state index in [1.165, 1.54) is 9.80 Å². The average molecular weight is 325 g/mol. The molecule has 118 valence electrons. The Bertz CT molecular complexity index is 546. The van der Waals surface area contributed by atoms with Gasteiger partial charge in [-0.25, -0.2) is 0 Å². The van der Waals surface area contributed by atoms with Gasteiger partial charge in [0.1, 0.15) is 6.54 Å². The number of carbonyl (C=O) groups excluding carboxylic acids is 5. The molecule has 1 unspecified atom stereocenters. The number of amides is 5. The summed E-state index contributed by atoms with van der Waals surface area (Å²) < 4.78 is 0. The van der Waals surface area contributed by atoms with Crippen LogP contribution in [-0.2, 0) is 19.2 Å². The molecule has 5 amide bonds. The zero-order chi connectivity index (χ0) is 15.9. The lowest BCUT2D eigenvalue weighted by molar-refractivity contribution is -0.145. The Balaban J connectivity index is 1.59. The van der Waals surface area contributed by atoms with Crippen molar-refractivity contribution >= 4 is 40.6 Å². The fourth-order valence-electron chi connectivity index (χ4n) is 2.93. The summed E-state index contributed by atoms with van der Waals surface area (Å²) >= 11 is 0.973. The summed E-state index contributed by atoms with van der Waals surface area (Å²) in [5, 5.41) is -0.269. The molecule has 0 spiro atoms. The summed E-state index contributed by atoms with van der Waals surface area (Å²) in [6, 6.07) is -0.302. The van der Waals surface area contributed by atoms with Crippen molar-refractivity contribution in [2.24, 2.45) is 0 Å². The highest BCUT2D eigenvalue weighted by atomic mass is 32.2. The lowest BCUT2D eigenvalue weighted by atomic mass is 10.2. The third kappa shape index (κ3) is 2.60. The van der Waals surface area contributed by atoms with Crippen molar-refractivity contribution in [1.82, 2.24) is 14.7 Å². The van der Waals surface area contributed by atoms with Crippen LogP contribution in [0.25, 0.3) is 0 Å². The molecule has 0 aromatic heterocycles. The topological polar surface area (TPSA) is 95.1 Å². The van der Waals surface area contributed by atoms with Gasteiger partial charge in [0.15, 0.2) is 0 Å². The summed E-state index contributed by atoms with van der Waals surface area (Å²) in [5.74, 6) is -1.04. The van der Waals surface area contributed by atoms with E-state index in [-0.39, 0.29) is 66.6 Å². The first kappa shape index (κ1) is 15.0. The van der Waals surface area contributed by atoms with Crippen LogP contribution in [0.4, 0.5) is 4.79 Å². The summed E-state index contributed by atoms with van der Waals surface area (Å²) in [4.78, 5) is 62.4. The fraction of sp³-hybridized carbons (Fsp3) is 0.615. The van der Waals surface area contributed by atoms with E-state index in [4.69, 9.17) is 0 Å². The molecule has 8 nitrogen and oxygen atoms in total. The van der Waals surface area contributed by atoms with Crippen molar-refractivity contribution < 1.29 is 24.0 Å². The van der Waals surface area contributed by atoms with E-state index >= 15 is 0 Å². The molecule has 0 radical (unpaired) electrons. The Kier molecular flexibility index (Phi) is 3.90. The van der Waals surface area contributed by atoms with Crippen LogP contribution in [0.1, 0.15) is 19.3 Å². The number of carbonyl (C=O) groups is 5. The maximum absolute atomic E-state index is 12.2. The highest BCUT2D eigenvalue weighted by molar-refractivity contribution is 8.14. The zero-order valence-corrected chi connectivity index (χ0v) is 12.6. The molecule has 3 aliphatic heterocycles. The molecule has 9 heteroatoms. The molecule has 3 saturated heterocycles. The third-order valence-corrected chi connectivity index (χ3v) is 4.95. The lowest BCUT2D eigenvalue weighted by Crippen LogP contribution is -2.44. The molecule has 3 rings (SSSR count). The van der Waals surface area contributed by atoms with E-state index in [0.29, 0.717) is 13.0 Å². The average Bonchev–Trinajstić information content (AvgIpc) is 3.15. The quantitative estimate of drug-likeness (QED) is 0.645. The Morgan fingerprint density at radius 3 is 2.36 bits per heavy atom. The van der Waals surface area contributed by atoms with Gasteiger partial charge in [0.2, 0.25) is 23.6 Å². The van der Waals surface area contributed by atoms with Crippen LogP contribution in [-0.4, -0.2) is 75.0 Å². The van der Waals surface area contributed by atoms with Crippen LogP contribution in [0.2, 0.25) is 0 Å². The van der Waals surface area contributed by atoms with Gasteiger partial charge in [-0.1, -0.05) is 11.8 Å². The zero-order valence-electron chi connectivity index (χ0n) is 11.8. The highest BCUT2D eigenvalue weighted by Gasteiger charge is 2.41. The first-order valence-corrected chi connectivity index (χ1v) is 8.05. The monoisotopic (exact) mass is 325 g/mol. The third-order valence-electron chi connectivity index (χ3n) is 4.11. The van der Waals surface area contributed by atoms with Gasteiger partial charge in [-0.05, 0) is 6.42 Å². The van der Waals surface area contributed by atoms with Crippen LogP contribution in [0.15, 0.2) is 0 Å². The Morgan fingerprint density at radius 2 is 1.77 bits per heavy atom. The Hall–Kier alpha value is -1.90. The van der Waals surface area contributed by atoms with Crippen LogP contribution in [0.3, 0.4) is 0 Å². The molecule has 3 fully saturated rings. The second-order valence-electron chi connectivity index (χ2n) is 5.47. The molecule has 0 N–H and O–H groups in total. The predicted octanol–water partition coefficient (Wildman–Crippen LogP) is -0.568. The van der Waals surface area contributed by atoms with Gasteiger partial charge in [0.05, 0.1) is 11.8 Å². The Morgan fingerprint density at radius 1 is 1.09 bits per heavy atom. The number of hydrogen-bond acceptors (Lipinski definition) is 6. The number of nitrogens with zero attached hydrogens (tertiary/aromatic N) is 3. The number of hydrogen-bond donors (Lipinski definition) is 0. The smallest absolute Gasteiger partial charge is 0.289 e. The highest BCUT2D eigenvalue weighted by Crippen LogP contribution is 2.26. The molecule has 0 saturated carbocycles. The molecular weight excluding hydrogens is 310 g/mol. The molecule has 0 aromatic rings. The molecule has 22 heavy (non-hydrogen) atoms. The fourth-order valence-corrected chi connectivity index (χ4v) is 3.71. The van der Waals surface area contributed by atoms with Crippen molar-refractivity contribution in [3.8, 4) is 0 Å². The number of likely N-dealkylation sites (tertiary alicyclic amines) is 2. The van der Waals surface area contributed by atoms with Crippen molar-refractivity contribution in [3.05, 3.63) is 0 Å². The van der Waals surface area contributed by atoms with Gasteiger partial charge < -0.3 is 4.90 Å². The van der Waals surface area contributed by atoms with Crippen LogP contribution in [0, 0.1) is 0 Å². The van der Waals surface area contributed by atoms with Crippen molar-refractivity contribution in [3.63, 3.8) is 0 Å². The standard InChI is InChI=1S/C13H15N3O5S/c17-9-1-2-10(18)15(9)6-11(19)14-4-3-8(5-14)16-12(20)7-22-13(16)21/h8H,1-7H2. The minimum atomic E-state index is -0.324. The van der Waals surface area contributed by atoms with Gasteiger partial charge >= 0.3 is 0 Å². The summed E-state index contributed by atoms with van der Waals surface area (Å²) in [6.07, 6.45) is 0.844. The summed E-state index contributed by atoms with van der Waals surface area (Å²) in [7, 11) is 0. The van der Waals surface area contributed by atoms with Crippen LogP contribution in [0.5, 0.6) is 0 Å². The summed E-state index contributed by atoms with van der Waals surface area (Å²) in [6.45, 7) is 0.440. The molecule has 3 heterocycles. The molecule has 1 atom stereocenters. The van der Waals surface area contributed by atoms with Gasteiger partial charge in [-0.2, -0.15) is 0 Å².